The highest BCUT2D eigenvalue weighted by molar-refractivity contribution is 5.91. The Balaban J connectivity index is 1.87. The van der Waals surface area contributed by atoms with Gasteiger partial charge in [-0.15, -0.1) is 0 Å². The van der Waals surface area contributed by atoms with Crippen LogP contribution in [0.3, 0.4) is 0 Å². The Hall–Kier alpha value is -1.35. The van der Waals surface area contributed by atoms with Gasteiger partial charge in [-0.3, -0.25) is 4.79 Å². The van der Waals surface area contributed by atoms with Crippen molar-refractivity contribution >= 4 is 11.6 Å². The zero-order valence-electron chi connectivity index (χ0n) is 13.8. The Morgan fingerprint density at radius 1 is 1.29 bits per heavy atom. The number of piperidine rings is 1. The molecule has 1 aromatic carbocycles. The molecule has 1 unspecified atom stereocenters. The summed E-state index contributed by atoms with van der Waals surface area (Å²) in [6, 6.07) is 8.22. The molecule has 0 saturated carbocycles. The van der Waals surface area contributed by atoms with E-state index in [1.165, 1.54) is 23.3 Å². The molecule has 1 aliphatic rings. The third-order valence-electron chi connectivity index (χ3n) is 4.31. The summed E-state index contributed by atoms with van der Waals surface area (Å²) in [4.78, 5) is 13.6. The monoisotopic (exact) mass is 289 g/mol. The van der Waals surface area contributed by atoms with Crippen LogP contribution in [0.2, 0.25) is 0 Å². The van der Waals surface area contributed by atoms with Crippen molar-refractivity contribution < 1.29 is 9.69 Å². The fraction of sp³-hybridized carbons (Fsp3) is 0.611. The van der Waals surface area contributed by atoms with E-state index in [-0.39, 0.29) is 11.3 Å². The minimum atomic E-state index is 0.127. The molecule has 0 spiro atoms. The standard InChI is InChI=1S/C18H28N2O/c1-14-6-5-11-20(12-14)13-17(21)19-16-9-7-15(8-10-16)18(2,3)4/h7-10,14H,5-6,11-13H2,1-4H3,(H,19,21)/p+1/t14-/m1/s1. The summed E-state index contributed by atoms with van der Waals surface area (Å²) in [6.07, 6.45) is 2.55. The second kappa shape index (κ2) is 6.61. The number of hydrogen-bond donors (Lipinski definition) is 2. The molecule has 1 aliphatic heterocycles. The van der Waals surface area contributed by atoms with Crippen LogP contribution in [-0.4, -0.2) is 25.5 Å². The molecule has 3 heteroatoms. The molecule has 0 aromatic heterocycles. The number of nitrogens with one attached hydrogen (secondary N) is 2. The predicted octanol–water partition coefficient (Wildman–Crippen LogP) is 2.24. The van der Waals surface area contributed by atoms with Gasteiger partial charge in [0.15, 0.2) is 6.54 Å². The van der Waals surface area contributed by atoms with Crippen molar-refractivity contribution in [1.29, 1.82) is 0 Å². The molecule has 0 aliphatic carbocycles. The highest BCUT2D eigenvalue weighted by Crippen LogP contribution is 2.23. The van der Waals surface area contributed by atoms with Crippen LogP contribution >= 0.6 is 0 Å². The summed E-state index contributed by atoms with van der Waals surface area (Å²) < 4.78 is 0. The normalized spacial score (nSPS) is 22.9. The van der Waals surface area contributed by atoms with E-state index in [1.807, 2.05) is 12.1 Å². The molecule has 1 fully saturated rings. The molecular formula is C18H29N2O+. The SMILES string of the molecule is C[C@@H]1CCC[NH+](CC(=O)Nc2ccc(C(C)(C)C)cc2)C1. The number of anilines is 1. The van der Waals surface area contributed by atoms with E-state index in [0.717, 1.165) is 24.7 Å². The first-order chi connectivity index (χ1) is 9.84. The van der Waals surface area contributed by atoms with Gasteiger partial charge in [-0.1, -0.05) is 39.8 Å². The second-order valence-corrected chi connectivity index (χ2v) is 7.50. The van der Waals surface area contributed by atoms with Crippen LogP contribution in [0.4, 0.5) is 5.69 Å². The molecule has 21 heavy (non-hydrogen) atoms. The first-order valence-corrected chi connectivity index (χ1v) is 8.08. The zero-order chi connectivity index (χ0) is 15.5. The van der Waals surface area contributed by atoms with Crippen molar-refractivity contribution in [3.63, 3.8) is 0 Å². The minimum Gasteiger partial charge on any atom is -0.327 e. The van der Waals surface area contributed by atoms with Gasteiger partial charge in [-0.2, -0.15) is 0 Å². The van der Waals surface area contributed by atoms with Gasteiger partial charge in [0.25, 0.3) is 5.91 Å². The van der Waals surface area contributed by atoms with E-state index in [1.54, 1.807) is 0 Å². The molecule has 0 radical (unpaired) electrons. The van der Waals surface area contributed by atoms with Gasteiger partial charge in [0.05, 0.1) is 13.1 Å². The number of rotatable bonds is 3. The quantitative estimate of drug-likeness (QED) is 0.879. The Labute approximate surface area is 128 Å². The lowest BCUT2D eigenvalue weighted by molar-refractivity contribution is -0.900. The summed E-state index contributed by atoms with van der Waals surface area (Å²) in [5, 5.41) is 3.02. The predicted molar refractivity (Wildman–Crippen MR) is 87.7 cm³/mol. The number of likely N-dealkylation sites (tertiary alicyclic amines) is 1. The molecule has 2 rings (SSSR count). The number of carbonyl (C=O) groups is 1. The van der Waals surface area contributed by atoms with E-state index in [0.29, 0.717) is 6.54 Å². The summed E-state index contributed by atoms with van der Waals surface area (Å²) in [6.45, 7) is 11.7. The smallest absolute Gasteiger partial charge is 0.279 e. The van der Waals surface area contributed by atoms with E-state index in [2.05, 4.69) is 45.1 Å². The largest absolute Gasteiger partial charge is 0.327 e. The molecule has 3 nitrogen and oxygen atoms in total. The lowest BCUT2D eigenvalue weighted by atomic mass is 9.87. The van der Waals surface area contributed by atoms with Crippen molar-refractivity contribution in [2.45, 2.75) is 46.0 Å². The van der Waals surface area contributed by atoms with Crippen molar-refractivity contribution in [3.8, 4) is 0 Å². The van der Waals surface area contributed by atoms with Crippen LogP contribution in [0, 0.1) is 5.92 Å². The molecule has 2 atom stereocenters. The summed E-state index contributed by atoms with van der Waals surface area (Å²) >= 11 is 0. The van der Waals surface area contributed by atoms with E-state index >= 15 is 0 Å². The molecule has 1 saturated heterocycles. The highest BCUT2D eigenvalue weighted by Gasteiger charge is 2.22. The zero-order valence-corrected chi connectivity index (χ0v) is 13.8. The summed E-state index contributed by atoms with van der Waals surface area (Å²) in [5.41, 5.74) is 2.34. The lowest BCUT2D eigenvalue weighted by Gasteiger charge is -2.27. The maximum atomic E-state index is 12.1. The van der Waals surface area contributed by atoms with Crippen LogP contribution in [-0.2, 0) is 10.2 Å². The van der Waals surface area contributed by atoms with Gasteiger partial charge in [0.2, 0.25) is 0 Å². The molecule has 0 bridgehead atoms. The van der Waals surface area contributed by atoms with Crippen LogP contribution in [0.25, 0.3) is 0 Å². The molecule has 1 aromatic rings. The van der Waals surface area contributed by atoms with Crippen molar-refractivity contribution in [3.05, 3.63) is 29.8 Å². The maximum absolute atomic E-state index is 12.1. The Morgan fingerprint density at radius 3 is 2.52 bits per heavy atom. The van der Waals surface area contributed by atoms with Crippen molar-refractivity contribution in [2.24, 2.45) is 5.92 Å². The van der Waals surface area contributed by atoms with Gasteiger partial charge < -0.3 is 10.2 Å². The van der Waals surface area contributed by atoms with Gasteiger partial charge >= 0.3 is 0 Å². The third kappa shape index (κ3) is 4.85. The Bertz CT molecular complexity index is 473. The van der Waals surface area contributed by atoms with Crippen LogP contribution < -0.4 is 10.2 Å². The summed E-state index contributed by atoms with van der Waals surface area (Å²) in [7, 11) is 0. The van der Waals surface area contributed by atoms with Crippen LogP contribution in [0.1, 0.15) is 46.1 Å². The first-order valence-electron chi connectivity index (χ1n) is 8.08. The number of hydrogen-bond acceptors (Lipinski definition) is 1. The average molecular weight is 289 g/mol. The Kier molecular flexibility index (Phi) is 5.04. The third-order valence-corrected chi connectivity index (χ3v) is 4.31. The van der Waals surface area contributed by atoms with E-state index in [9.17, 15) is 4.79 Å². The first kappa shape index (κ1) is 16.0. The van der Waals surface area contributed by atoms with Crippen LogP contribution in [0.15, 0.2) is 24.3 Å². The Morgan fingerprint density at radius 2 is 1.95 bits per heavy atom. The molecule has 116 valence electrons. The number of benzene rings is 1. The van der Waals surface area contributed by atoms with Crippen molar-refractivity contribution in [1.82, 2.24) is 0 Å². The van der Waals surface area contributed by atoms with Crippen LogP contribution in [0.5, 0.6) is 0 Å². The highest BCUT2D eigenvalue weighted by atomic mass is 16.2. The lowest BCUT2D eigenvalue weighted by Crippen LogP contribution is -3.14. The van der Waals surface area contributed by atoms with Gasteiger partial charge in [-0.05, 0) is 36.0 Å². The number of carbonyl (C=O) groups excluding carboxylic acids is 1. The fourth-order valence-electron chi connectivity index (χ4n) is 3.04. The van der Waals surface area contributed by atoms with Gasteiger partial charge in [0.1, 0.15) is 0 Å². The number of quaternary nitrogens is 1. The molecule has 2 N–H and O–H groups in total. The van der Waals surface area contributed by atoms with E-state index < -0.39 is 0 Å². The minimum absolute atomic E-state index is 0.127. The van der Waals surface area contributed by atoms with E-state index in [4.69, 9.17) is 0 Å². The summed E-state index contributed by atoms with van der Waals surface area (Å²) in [5.74, 6) is 0.871. The second-order valence-electron chi connectivity index (χ2n) is 7.50. The topological polar surface area (TPSA) is 33.5 Å². The molecule has 1 amide bonds. The fourth-order valence-corrected chi connectivity index (χ4v) is 3.04. The maximum Gasteiger partial charge on any atom is 0.279 e. The van der Waals surface area contributed by atoms with Gasteiger partial charge in [0, 0.05) is 11.6 Å². The molecular weight excluding hydrogens is 260 g/mol. The van der Waals surface area contributed by atoms with Crippen molar-refractivity contribution in [2.75, 3.05) is 25.0 Å². The van der Waals surface area contributed by atoms with Gasteiger partial charge in [-0.25, -0.2) is 0 Å². The number of amides is 1. The average Bonchev–Trinajstić information content (AvgIpc) is 2.38. The molecule has 1 heterocycles.